The SMILES string of the molecule is CCC1CCC(Oc2cc(C(C)(C)C)sc2C(=O)O)CC1. The van der Waals surface area contributed by atoms with Crippen LogP contribution in [0.15, 0.2) is 6.07 Å². The summed E-state index contributed by atoms with van der Waals surface area (Å²) >= 11 is 1.34. The van der Waals surface area contributed by atoms with Gasteiger partial charge in [-0.1, -0.05) is 34.1 Å². The third-order valence-corrected chi connectivity index (χ3v) is 5.83. The molecule has 0 unspecified atom stereocenters. The standard InChI is InChI=1S/C17H26O3S/c1-5-11-6-8-12(9-7-11)20-13-10-14(17(2,3)4)21-15(13)16(18)19/h10-12H,5-9H2,1-4H3,(H,18,19). The minimum absolute atomic E-state index is 0.0453. The average molecular weight is 310 g/mol. The first kappa shape index (κ1) is 16.3. The molecule has 1 aliphatic rings. The Kier molecular flexibility index (Phi) is 4.97. The number of rotatable bonds is 4. The smallest absolute Gasteiger partial charge is 0.349 e. The number of aromatic carboxylic acids is 1. The number of thiophene rings is 1. The summed E-state index contributed by atoms with van der Waals surface area (Å²) in [6, 6.07) is 1.93. The molecular weight excluding hydrogens is 284 g/mol. The predicted molar refractivity (Wildman–Crippen MR) is 86.6 cm³/mol. The van der Waals surface area contributed by atoms with Crippen molar-refractivity contribution in [2.24, 2.45) is 5.92 Å². The molecule has 1 aromatic heterocycles. The summed E-state index contributed by atoms with van der Waals surface area (Å²) in [6.07, 6.45) is 5.88. The molecule has 1 aromatic rings. The van der Waals surface area contributed by atoms with Gasteiger partial charge in [0.2, 0.25) is 0 Å². The summed E-state index contributed by atoms with van der Waals surface area (Å²) in [5, 5.41) is 9.38. The summed E-state index contributed by atoms with van der Waals surface area (Å²) in [4.78, 5) is 12.8. The lowest BCUT2D eigenvalue weighted by molar-refractivity contribution is 0.0690. The van der Waals surface area contributed by atoms with Gasteiger partial charge in [-0.3, -0.25) is 0 Å². The number of hydrogen-bond acceptors (Lipinski definition) is 3. The van der Waals surface area contributed by atoms with E-state index in [1.165, 1.54) is 30.6 Å². The van der Waals surface area contributed by atoms with Crippen LogP contribution >= 0.6 is 11.3 Å². The second-order valence-electron chi connectivity index (χ2n) is 7.03. The van der Waals surface area contributed by atoms with Gasteiger partial charge >= 0.3 is 5.97 Å². The third kappa shape index (κ3) is 4.00. The van der Waals surface area contributed by atoms with Crippen LogP contribution in [-0.4, -0.2) is 17.2 Å². The molecule has 4 heteroatoms. The molecule has 0 atom stereocenters. The number of carboxylic acids is 1. The van der Waals surface area contributed by atoms with Crippen molar-refractivity contribution in [3.63, 3.8) is 0 Å². The Morgan fingerprint density at radius 3 is 2.43 bits per heavy atom. The lowest BCUT2D eigenvalue weighted by atomic mass is 9.86. The molecule has 21 heavy (non-hydrogen) atoms. The maximum Gasteiger partial charge on any atom is 0.349 e. The van der Waals surface area contributed by atoms with Crippen molar-refractivity contribution in [3.05, 3.63) is 15.8 Å². The largest absolute Gasteiger partial charge is 0.489 e. The molecule has 1 aliphatic carbocycles. The zero-order valence-corrected chi connectivity index (χ0v) is 14.3. The maximum absolute atomic E-state index is 11.4. The molecule has 1 N–H and O–H groups in total. The van der Waals surface area contributed by atoms with Gasteiger partial charge in [-0.15, -0.1) is 11.3 Å². The highest BCUT2D eigenvalue weighted by atomic mass is 32.1. The minimum Gasteiger partial charge on any atom is -0.489 e. The predicted octanol–water partition coefficient (Wildman–Crippen LogP) is 5.09. The topological polar surface area (TPSA) is 46.5 Å². The molecule has 0 aliphatic heterocycles. The normalized spacial score (nSPS) is 23.0. The fourth-order valence-electron chi connectivity index (χ4n) is 2.82. The van der Waals surface area contributed by atoms with Crippen LogP contribution in [0.3, 0.4) is 0 Å². The molecular formula is C17H26O3S. The van der Waals surface area contributed by atoms with Gasteiger partial charge in [0.05, 0.1) is 6.10 Å². The molecule has 118 valence electrons. The molecule has 0 radical (unpaired) electrons. The monoisotopic (exact) mass is 310 g/mol. The number of carboxylic acid groups (broad SMARTS) is 1. The Bertz CT molecular complexity index is 491. The van der Waals surface area contributed by atoms with E-state index in [0.29, 0.717) is 10.6 Å². The van der Waals surface area contributed by atoms with Gasteiger partial charge < -0.3 is 9.84 Å². The lowest BCUT2D eigenvalue weighted by Gasteiger charge is -2.28. The zero-order valence-electron chi connectivity index (χ0n) is 13.4. The van der Waals surface area contributed by atoms with E-state index in [4.69, 9.17) is 4.74 Å². The van der Waals surface area contributed by atoms with E-state index in [0.717, 1.165) is 23.6 Å². The molecule has 3 nitrogen and oxygen atoms in total. The Balaban J connectivity index is 2.12. The molecule has 0 saturated heterocycles. The molecule has 0 spiro atoms. The summed E-state index contributed by atoms with van der Waals surface area (Å²) in [5.74, 6) is 0.501. The summed E-state index contributed by atoms with van der Waals surface area (Å²) in [6.45, 7) is 8.53. The van der Waals surface area contributed by atoms with Crippen molar-refractivity contribution in [3.8, 4) is 5.75 Å². The first-order valence-electron chi connectivity index (χ1n) is 7.85. The van der Waals surface area contributed by atoms with Crippen molar-refractivity contribution in [1.29, 1.82) is 0 Å². The maximum atomic E-state index is 11.4. The Labute approximate surface area is 131 Å². The van der Waals surface area contributed by atoms with Crippen molar-refractivity contribution in [1.82, 2.24) is 0 Å². The minimum atomic E-state index is -0.882. The molecule has 1 saturated carbocycles. The van der Waals surface area contributed by atoms with Crippen LogP contribution in [0.5, 0.6) is 5.75 Å². The van der Waals surface area contributed by atoms with Crippen LogP contribution in [0.25, 0.3) is 0 Å². The molecule has 0 amide bonds. The van der Waals surface area contributed by atoms with E-state index in [2.05, 4.69) is 27.7 Å². The lowest BCUT2D eigenvalue weighted by Crippen LogP contribution is -2.24. The Morgan fingerprint density at radius 1 is 1.33 bits per heavy atom. The molecule has 0 aromatic carbocycles. The zero-order chi connectivity index (χ0) is 15.6. The van der Waals surface area contributed by atoms with Gasteiger partial charge in [0, 0.05) is 4.88 Å². The van der Waals surface area contributed by atoms with Crippen molar-refractivity contribution in [2.75, 3.05) is 0 Å². The second-order valence-corrected chi connectivity index (χ2v) is 8.08. The summed E-state index contributed by atoms with van der Waals surface area (Å²) in [5.41, 5.74) is -0.0453. The molecule has 1 heterocycles. The van der Waals surface area contributed by atoms with E-state index >= 15 is 0 Å². The van der Waals surface area contributed by atoms with Gasteiger partial charge in [-0.2, -0.15) is 0 Å². The molecule has 2 rings (SSSR count). The highest BCUT2D eigenvalue weighted by molar-refractivity contribution is 7.14. The second kappa shape index (κ2) is 6.39. The van der Waals surface area contributed by atoms with Crippen LogP contribution < -0.4 is 4.74 Å². The molecule has 0 bridgehead atoms. The fraction of sp³-hybridized carbons (Fsp3) is 0.706. The van der Waals surface area contributed by atoms with Gasteiger partial charge in [-0.05, 0) is 43.1 Å². The van der Waals surface area contributed by atoms with Gasteiger partial charge in [0.1, 0.15) is 5.75 Å². The number of hydrogen-bond donors (Lipinski definition) is 1. The van der Waals surface area contributed by atoms with E-state index in [-0.39, 0.29) is 11.5 Å². The van der Waals surface area contributed by atoms with Crippen molar-refractivity contribution in [2.45, 2.75) is 71.3 Å². The Hall–Kier alpha value is -1.03. The van der Waals surface area contributed by atoms with Crippen LogP contribution in [0.4, 0.5) is 0 Å². The van der Waals surface area contributed by atoms with E-state index in [1.807, 2.05) is 6.07 Å². The fourth-order valence-corrected chi connectivity index (χ4v) is 3.81. The van der Waals surface area contributed by atoms with Crippen molar-refractivity contribution >= 4 is 17.3 Å². The number of carbonyl (C=O) groups is 1. The average Bonchev–Trinajstić information content (AvgIpc) is 2.84. The van der Waals surface area contributed by atoms with Crippen molar-refractivity contribution < 1.29 is 14.6 Å². The summed E-state index contributed by atoms with van der Waals surface area (Å²) < 4.78 is 6.05. The first-order chi connectivity index (χ1) is 9.81. The van der Waals surface area contributed by atoms with E-state index in [1.54, 1.807) is 0 Å². The summed E-state index contributed by atoms with van der Waals surface area (Å²) in [7, 11) is 0. The first-order valence-corrected chi connectivity index (χ1v) is 8.67. The highest BCUT2D eigenvalue weighted by Gasteiger charge is 2.27. The van der Waals surface area contributed by atoms with Crippen LogP contribution in [0, 0.1) is 5.92 Å². The number of ether oxygens (including phenoxy) is 1. The van der Waals surface area contributed by atoms with Crippen LogP contribution in [-0.2, 0) is 5.41 Å². The Morgan fingerprint density at radius 2 is 1.95 bits per heavy atom. The van der Waals surface area contributed by atoms with E-state index in [9.17, 15) is 9.90 Å². The third-order valence-electron chi connectivity index (χ3n) is 4.30. The van der Waals surface area contributed by atoms with E-state index < -0.39 is 5.97 Å². The van der Waals surface area contributed by atoms with Crippen LogP contribution in [0.1, 0.15) is 74.3 Å². The van der Waals surface area contributed by atoms with Gasteiger partial charge in [0.25, 0.3) is 0 Å². The quantitative estimate of drug-likeness (QED) is 0.842. The highest BCUT2D eigenvalue weighted by Crippen LogP contribution is 2.38. The van der Waals surface area contributed by atoms with Gasteiger partial charge in [0.15, 0.2) is 4.88 Å². The van der Waals surface area contributed by atoms with Crippen LogP contribution in [0.2, 0.25) is 0 Å². The van der Waals surface area contributed by atoms with Gasteiger partial charge in [-0.25, -0.2) is 4.79 Å². The molecule has 1 fully saturated rings.